The fourth-order valence-electron chi connectivity index (χ4n) is 3.78. The van der Waals surface area contributed by atoms with Crippen molar-refractivity contribution in [2.75, 3.05) is 19.6 Å². The van der Waals surface area contributed by atoms with Gasteiger partial charge in [-0.15, -0.1) is 22.7 Å². The van der Waals surface area contributed by atoms with Crippen LogP contribution in [0.4, 0.5) is 0 Å². The van der Waals surface area contributed by atoms with Crippen LogP contribution in [-0.4, -0.2) is 41.3 Å². The minimum absolute atomic E-state index is 0.0820. The Labute approximate surface area is 179 Å². The second kappa shape index (κ2) is 9.67. The van der Waals surface area contributed by atoms with Crippen molar-refractivity contribution in [3.63, 3.8) is 0 Å². The van der Waals surface area contributed by atoms with Crippen LogP contribution in [0.25, 0.3) is 6.08 Å². The van der Waals surface area contributed by atoms with Gasteiger partial charge in [-0.3, -0.25) is 9.59 Å². The van der Waals surface area contributed by atoms with Gasteiger partial charge in [-0.2, -0.15) is 0 Å². The van der Waals surface area contributed by atoms with E-state index in [-0.39, 0.29) is 17.7 Å². The first-order valence-corrected chi connectivity index (χ1v) is 12.2. The third-order valence-corrected chi connectivity index (χ3v) is 7.64. The zero-order valence-electron chi connectivity index (χ0n) is 16.5. The summed E-state index contributed by atoms with van der Waals surface area (Å²) in [4.78, 5) is 32.3. The molecule has 1 N–H and O–H groups in total. The summed E-state index contributed by atoms with van der Waals surface area (Å²) in [6, 6.07) is 4.00. The quantitative estimate of drug-likeness (QED) is 0.675. The summed E-state index contributed by atoms with van der Waals surface area (Å²) < 4.78 is 0. The monoisotopic (exact) mass is 429 g/mol. The molecule has 2 aromatic rings. The Hall–Kier alpha value is -1.99. The Morgan fingerprint density at radius 3 is 2.90 bits per heavy atom. The predicted octanol–water partition coefficient (Wildman–Crippen LogP) is 4.08. The van der Waals surface area contributed by atoms with Gasteiger partial charge in [0.1, 0.15) is 0 Å². The van der Waals surface area contributed by atoms with Crippen LogP contribution in [-0.2, 0) is 16.0 Å². The highest BCUT2D eigenvalue weighted by atomic mass is 32.1. The van der Waals surface area contributed by atoms with E-state index in [0.717, 1.165) is 60.8 Å². The highest BCUT2D eigenvalue weighted by Gasteiger charge is 2.26. The molecule has 1 unspecified atom stereocenters. The Morgan fingerprint density at radius 1 is 1.24 bits per heavy atom. The molecule has 3 heterocycles. The van der Waals surface area contributed by atoms with E-state index in [4.69, 9.17) is 4.98 Å². The van der Waals surface area contributed by atoms with Gasteiger partial charge in [0.15, 0.2) is 0 Å². The summed E-state index contributed by atoms with van der Waals surface area (Å²) in [6.07, 6.45) is 9.69. The Kier molecular flexibility index (Phi) is 6.77. The number of hydrogen-bond acceptors (Lipinski definition) is 5. The summed E-state index contributed by atoms with van der Waals surface area (Å²) in [5.41, 5.74) is 1.04. The maximum absolute atomic E-state index is 12.6. The molecule has 1 saturated carbocycles. The van der Waals surface area contributed by atoms with E-state index in [2.05, 4.69) is 10.7 Å². The number of carbonyl (C=O) groups excluding carboxylic acids is 2. The van der Waals surface area contributed by atoms with Crippen LogP contribution >= 0.6 is 22.7 Å². The topological polar surface area (TPSA) is 62.3 Å². The van der Waals surface area contributed by atoms with E-state index in [1.54, 1.807) is 28.7 Å². The number of aromatic nitrogens is 1. The standard InChI is InChI=1S/C22H27N3O2S2/c26-20(9-8-19-7-3-13-28-19)25-12-2-6-17(14-25)22-24-18(15-29-22)10-11-23-21(27)16-4-1-5-16/h3,7-9,13,15-17H,1-2,4-6,10-12,14H2,(H,23,27)/b9-8+. The average molecular weight is 430 g/mol. The van der Waals surface area contributed by atoms with Crippen LogP contribution in [0.1, 0.15) is 53.6 Å². The van der Waals surface area contributed by atoms with Gasteiger partial charge in [-0.25, -0.2) is 4.98 Å². The summed E-state index contributed by atoms with van der Waals surface area (Å²) in [7, 11) is 0. The molecule has 2 aliphatic rings. The number of likely N-dealkylation sites (tertiary alicyclic amines) is 1. The number of thiophene rings is 1. The minimum Gasteiger partial charge on any atom is -0.355 e. The highest BCUT2D eigenvalue weighted by molar-refractivity contribution is 7.10. The molecule has 1 atom stereocenters. The fraction of sp³-hybridized carbons (Fsp3) is 0.500. The van der Waals surface area contributed by atoms with E-state index >= 15 is 0 Å². The van der Waals surface area contributed by atoms with Gasteiger partial charge in [0, 0.05) is 54.2 Å². The minimum atomic E-state index is 0.0820. The SMILES string of the molecule is O=C(NCCc1csc(C2CCCN(C(=O)/C=C/c3cccs3)C2)n1)C1CCC1. The molecule has 2 amide bonds. The molecule has 5 nitrogen and oxygen atoms in total. The number of amides is 2. The van der Waals surface area contributed by atoms with Crippen molar-refractivity contribution in [2.24, 2.45) is 5.92 Å². The molecule has 0 aromatic carbocycles. The van der Waals surface area contributed by atoms with Crippen molar-refractivity contribution in [2.45, 2.75) is 44.4 Å². The van der Waals surface area contributed by atoms with E-state index in [9.17, 15) is 9.59 Å². The summed E-state index contributed by atoms with van der Waals surface area (Å²) in [5.74, 6) is 0.828. The molecule has 2 fully saturated rings. The van der Waals surface area contributed by atoms with Gasteiger partial charge < -0.3 is 10.2 Å². The largest absolute Gasteiger partial charge is 0.355 e. The van der Waals surface area contributed by atoms with E-state index < -0.39 is 0 Å². The summed E-state index contributed by atoms with van der Waals surface area (Å²) in [6.45, 7) is 2.20. The Morgan fingerprint density at radius 2 is 2.14 bits per heavy atom. The second-order valence-corrected chi connectivity index (χ2v) is 9.69. The van der Waals surface area contributed by atoms with Crippen molar-refractivity contribution < 1.29 is 9.59 Å². The maximum atomic E-state index is 12.6. The molecule has 154 valence electrons. The lowest BCUT2D eigenvalue weighted by Crippen LogP contribution is -2.38. The number of carbonyl (C=O) groups is 2. The van der Waals surface area contributed by atoms with Crippen molar-refractivity contribution in [3.8, 4) is 0 Å². The van der Waals surface area contributed by atoms with Crippen LogP contribution in [0.5, 0.6) is 0 Å². The second-order valence-electron chi connectivity index (χ2n) is 7.82. The molecule has 1 aliphatic heterocycles. The molecule has 1 aliphatic carbocycles. The normalized spacial score (nSPS) is 20.0. The molecular weight excluding hydrogens is 402 g/mol. The van der Waals surface area contributed by atoms with Crippen LogP contribution in [0, 0.1) is 5.92 Å². The third kappa shape index (κ3) is 5.34. The molecule has 2 aromatic heterocycles. The van der Waals surface area contributed by atoms with E-state index in [1.165, 1.54) is 6.42 Å². The lowest BCUT2D eigenvalue weighted by molar-refractivity contribution is -0.128. The summed E-state index contributed by atoms with van der Waals surface area (Å²) in [5, 5.41) is 8.26. The first-order valence-electron chi connectivity index (χ1n) is 10.4. The molecule has 7 heteroatoms. The van der Waals surface area contributed by atoms with Gasteiger partial charge in [0.2, 0.25) is 11.8 Å². The Bertz CT molecular complexity index is 855. The third-order valence-electron chi connectivity index (χ3n) is 5.74. The molecule has 0 bridgehead atoms. The van der Waals surface area contributed by atoms with Crippen LogP contribution in [0.15, 0.2) is 29.0 Å². The maximum Gasteiger partial charge on any atom is 0.246 e. The molecule has 0 spiro atoms. The van der Waals surface area contributed by atoms with Gasteiger partial charge in [0.25, 0.3) is 0 Å². The number of thiazole rings is 1. The molecular formula is C22H27N3O2S2. The Balaban J connectivity index is 1.27. The van der Waals surface area contributed by atoms with Crippen molar-refractivity contribution in [3.05, 3.63) is 44.5 Å². The number of hydrogen-bond donors (Lipinski definition) is 1. The first kappa shape index (κ1) is 20.3. The number of nitrogens with zero attached hydrogens (tertiary/aromatic N) is 2. The molecule has 4 rings (SSSR count). The lowest BCUT2D eigenvalue weighted by atomic mass is 9.85. The van der Waals surface area contributed by atoms with E-state index in [1.807, 2.05) is 28.5 Å². The average Bonchev–Trinajstić information content (AvgIpc) is 3.37. The fourth-order valence-corrected chi connectivity index (χ4v) is 5.38. The number of piperidine rings is 1. The number of rotatable bonds is 7. The van der Waals surface area contributed by atoms with Crippen molar-refractivity contribution in [1.82, 2.24) is 15.2 Å². The smallest absolute Gasteiger partial charge is 0.246 e. The lowest BCUT2D eigenvalue weighted by Gasteiger charge is -2.31. The first-order chi connectivity index (χ1) is 14.2. The van der Waals surface area contributed by atoms with Crippen LogP contribution in [0.3, 0.4) is 0 Å². The molecule has 1 saturated heterocycles. The highest BCUT2D eigenvalue weighted by Crippen LogP contribution is 2.30. The summed E-state index contributed by atoms with van der Waals surface area (Å²) >= 11 is 3.32. The molecule has 0 radical (unpaired) electrons. The zero-order valence-corrected chi connectivity index (χ0v) is 18.1. The van der Waals surface area contributed by atoms with Crippen molar-refractivity contribution in [1.29, 1.82) is 0 Å². The predicted molar refractivity (Wildman–Crippen MR) is 118 cm³/mol. The van der Waals surface area contributed by atoms with Gasteiger partial charge in [-0.1, -0.05) is 12.5 Å². The van der Waals surface area contributed by atoms with Gasteiger partial charge in [-0.05, 0) is 43.2 Å². The number of nitrogens with one attached hydrogen (secondary N) is 1. The molecule has 29 heavy (non-hydrogen) atoms. The van der Waals surface area contributed by atoms with Gasteiger partial charge in [0.05, 0.1) is 10.7 Å². The zero-order chi connectivity index (χ0) is 20.1. The van der Waals surface area contributed by atoms with E-state index in [0.29, 0.717) is 12.5 Å². The van der Waals surface area contributed by atoms with Gasteiger partial charge >= 0.3 is 0 Å². The van der Waals surface area contributed by atoms with Crippen molar-refractivity contribution >= 4 is 40.6 Å². The van der Waals surface area contributed by atoms with Crippen LogP contribution in [0.2, 0.25) is 0 Å². The van der Waals surface area contributed by atoms with Crippen LogP contribution < -0.4 is 5.32 Å².